The summed E-state index contributed by atoms with van der Waals surface area (Å²) >= 11 is 0. The number of carbonyl (C=O) groups excluding carboxylic acids is 2. The molecule has 5 heteroatoms. The maximum Gasteiger partial charge on any atom is 0.235 e. The lowest BCUT2D eigenvalue weighted by atomic mass is 9.92. The van der Waals surface area contributed by atoms with Crippen molar-refractivity contribution in [3.05, 3.63) is 29.5 Å². The predicted molar refractivity (Wildman–Crippen MR) is 70.6 cm³/mol. The first-order chi connectivity index (χ1) is 9.19. The third-order valence-electron chi connectivity index (χ3n) is 3.63. The van der Waals surface area contributed by atoms with E-state index in [0.29, 0.717) is 12.8 Å². The Bertz CT molecular complexity index is 660. The number of nitrogens with zero attached hydrogens (tertiary/aromatic N) is 1. The number of hydrogen-bond acceptors (Lipinski definition) is 3. The van der Waals surface area contributed by atoms with Crippen LogP contribution in [0.4, 0.5) is 0 Å². The van der Waals surface area contributed by atoms with E-state index in [1.165, 1.54) is 5.56 Å². The summed E-state index contributed by atoms with van der Waals surface area (Å²) < 4.78 is 0. The maximum atomic E-state index is 11.9. The Morgan fingerprint density at radius 1 is 1.37 bits per heavy atom. The summed E-state index contributed by atoms with van der Waals surface area (Å²) in [5, 5.41) is 10.6. The second-order valence-corrected chi connectivity index (χ2v) is 4.85. The number of rotatable bonds is 2. The molecule has 0 radical (unpaired) electrons. The maximum absolute atomic E-state index is 11.9. The molecule has 1 aromatic heterocycles. The summed E-state index contributed by atoms with van der Waals surface area (Å²) in [6, 6.07) is 6.10. The molecule has 1 aliphatic heterocycles. The Labute approximate surface area is 110 Å². The van der Waals surface area contributed by atoms with Crippen LogP contribution < -0.4 is 5.32 Å². The van der Waals surface area contributed by atoms with Gasteiger partial charge in [-0.3, -0.25) is 20.0 Å². The van der Waals surface area contributed by atoms with E-state index in [4.69, 9.17) is 0 Å². The van der Waals surface area contributed by atoms with E-state index in [0.717, 1.165) is 23.0 Å². The summed E-state index contributed by atoms with van der Waals surface area (Å²) in [5.41, 5.74) is 2.91. The lowest BCUT2D eigenvalue weighted by Gasteiger charge is -2.19. The molecule has 2 aromatic rings. The van der Waals surface area contributed by atoms with Gasteiger partial charge in [0.2, 0.25) is 11.8 Å². The van der Waals surface area contributed by atoms with Gasteiger partial charge in [0.25, 0.3) is 0 Å². The largest absolute Gasteiger partial charge is 0.296 e. The van der Waals surface area contributed by atoms with E-state index >= 15 is 0 Å². The minimum atomic E-state index is -0.334. The van der Waals surface area contributed by atoms with Gasteiger partial charge in [0, 0.05) is 11.8 Å². The fourth-order valence-electron chi connectivity index (χ4n) is 2.53. The molecule has 1 aliphatic rings. The van der Waals surface area contributed by atoms with Gasteiger partial charge >= 0.3 is 0 Å². The quantitative estimate of drug-likeness (QED) is 0.803. The fourth-order valence-corrected chi connectivity index (χ4v) is 2.53. The van der Waals surface area contributed by atoms with Crippen molar-refractivity contribution in [3.63, 3.8) is 0 Å². The number of H-pyrrole nitrogens is 1. The van der Waals surface area contributed by atoms with Gasteiger partial charge in [0.1, 0.15) is 0 Å². The van der Waals surface area contributed by atoms with Crippen LogP contribution in [0.2, 0.25) is 0 Å². The lowest BCUT2D eigenvalue weighted by Crippen LogP contribution is -2.39. The number of benzene rings is 1. The van der Waals surface area contributed by atoms with E-state index in [1.807, 2.05) is 12.1 Å². The normalized spacial score (nSPS) is 19.7. The zero-order valence-electron chi connectivity index (χ0n) is 10.7. The van der Waals surface area contributed by atoms with Crippen LogP contribution in [0.25, 0.3) is 10.9 Å². The monoisotopic (exact) mass is 257 g/mol. The van der Waals surface area contributed by atoms with Gasteiger partial charge in [-0.05, 0) is 24.5 Å². The van der Waals surface area contributed by atoms with E-state index in [9.17, 15) is 9.59 Å². The fraction of sp³-hybridized carbons (Fsp3) is 0.357. The molecule has 2 N–H and O–H groups in total. The first-order valence-corrected chi connectivity index (χ1v) is 6.49. The number of aryl methyl sites for hydroxylation is 1. The molecule has 1 unspecified atom stereocenters. The van der Waals surface area contributed by atoms with Crippen LogP contribution in [0.3, 0.4) is 0 Å². The summed E-state index contributed by atoms with van der Waals surface area (Å²) in [6.07, 6.45) is 1.86. The van der Waals surface area contributed by atoms with Crippen LogP contribution in [0.15, 0.2) is 18.2 Å². The van der Waals surface area contributed by atoms with Gasteiger partial charge in [0.15, 0.2) is 0 Å². The molecule has 1 fully saturated rings. The molecule has 0 bridgehead atoms. The molecule has 2 heterocycles. The highest BCUT2D eigenvalue weighted by Gasteiger charge is 2.30. The van der Waals surface area contributed by atoms with Crippen molar-refractivity contribution in [1.82, 2.24) is 15.5 Å². The Balaban J connectivity index is 2.01. The van der Waals surface area contributed by atoms with Crippen molar-refractivity contribution in [2.24, 2.45) is 0 Å². The predicted octanol–water partition coefficient (Wildman–Crippen LogP) is 1.65. The molecular weight excluding hydrogens is 242 g/mol. The molecule has 2 amide bonds. The molecule has 1 saturated heterocycles. The standard InChI is InChI=1S/C14H15N3O2/c1-2-8-3-4-9-11(7-8)16-17-13(9)10-5-6-12(18)15-14(10)19/h3-4,7,10H,2,5-6H2,1H3,(H,16,17)(H,15,18,19). The van der Waals surface area contributed by atoms with Crippen LogP contribution in [0, 0.1) is 0 Å². The van der Waals surface area contributed by atoms with Crippen LogP contribution in [0.1, 0.15) is 36.9 Å². The number of piperidine rings is 1. The summed E-state index contributed by atoms with van der Waals surface area (Å²) in [7, 11) is 0. The number of aromatic amines is 1. The molecule has 19 heavy (non-hydrogen) atoms. The van der Waals surface area contributed by atoms with Crippen molar-refractivity contribution in [3.8, 4) is 0 Å². The average Bonchev–Trinajstić information content (AvgIpc) is 2.81. The molecule has 1 aromatic carbocycles. The molecule has 0 aliphatic carbocycles. The minimum absolute atomic E-state index is 0.200. The van der Waals surface area contributed by atoms with Crippen molar-refractivity contribution >= 4 is 22.7 Å². The Hall–Kier alpha value is -2.17. The smallest absolute Gasteiger partial charge is 0.235 e. The van der Waals surface area contributed by atoms with E-state index in [1.54, 1.807) is 0 Å². The summed E-state index contributed by atoms with van der Waals surface area (Å²) in [6.45, 7) is 2.10. The Kier molecular flexibility index (Phi) is 2.81. The number of fused-ring (bicyclic) bond motifs is 1. The lowest BCUT2D eigenvalue weighted by molar-refractivity contribution is -0.134. The van der Waals surface area contributed by atoms with Gasteiger partial charge in [-0.25, -0.2) is 0 Å². The third kappa shape index (κ3) is 2.01. The zero-order valence-corrected chi connectivity index (χ0v) is 10.7. The molecule has 0 spiro atoms. The van der Waals surface area contributed by atoms with Crippen molar-refractivity contribution in [2.45, 2.75) is 32.1 Å². The molecule has 3 rings (SSSR count). The van der Waals surface area contributed by atoms with Gasteiger partial charge in [-0.1, -0.05) is 19.1 Å². The first kappa shape index (κ1) is 11.9. The second-order valence-electron chi connectivity index (χ2n) is 4.85. The minimum Gasteiger partial charge on any atom is -0.296 e. The van der Waals surface area contributed by atoms with Crippen LogP contribution in [-0.4, -0.2) is 22.0 Å². The summed E-state index contributed by atoms with van der Waals surface area (Å²) in [4.78, 5) is 23.1. The molecule has 98 valence electrons. The summed E-state index contributed by atoms with van der Waals surface area (Å²) in [5.74, 6) is -0.780. The highest BCUT2D eigenvalue weighted by molar-refractivity contribution is 6.02. The number of amides is 2. The van der Waals surface area contributed by atoms with Crippen molar-refractivity contribution in [2.75, 3.05) is 0 Å². The van der Waals surface area contributed by atoms with Gasteiger partial charge in [-0.2, -0.15) is 5.10 Å². The van der Waals surface area contributed by atoms with Crippen molar-refractivity contribution in [1.29, 1.82) is 0 Å². The van der Waals surface area contributed by atoms with E-state index < -0.39 is 0 Å². The Morgan fingerprint density at radius 3 is 2.95 bits per heavy atom. The molecular formula is C14H15N3O2. The van der Waals surface area contributed by atoms with Crippen LogP contribution in [0.5, 0.6) is 0 Å². The highest BCUT2D eigenvalue weighted by Crippen LogP contribution is 2.29. The van der Waals surface area contributed by atoms with Gasteiger partial charge in [0.05, 0.1) is 17.1 Å². The van der Waals surface area contributed by atoms with Gasteiger partial charge in [-0.15, -0.1) is 0 Å². The molecule has 0 saturated carbocycles. The highest BCUT2D eigenvalue weighted by atomic mass is 16.2. The number of nitrogens with one attached hydrogen (secondary N) is 2. The average molecular weight is 257 g/mol. The number of hydrogen-bond donors (Lipinski definition) is 2. The van der Waals surface area contributed by atoms with Crippen molar-refractivity contribution < 1.29 is 9.59 Å². The number of aromatic nitrogens is 2. The van der Waals surface area contributed by atoms with E-state index in [-0.39, 0.29) is 17.7 Å². The van der Waals surface area contributed by atoms with E-state index in [2.05, 4.69) is 28.5 Å². The molecule has 5 nitrogen and oxygen atoms in total. The Morgan fingerprint density at radius 2 is 2.21 bits per heavy atom. The topological polar surface area (TPSA) is 74.8 Å². The number of imide groups is 1. The zero-order chi connectivity index (χ0) is 13.4. The second kappa shape index (κ2) is 4.50. The molecule has 1 atom stereocenters. The third-order valence-corrected chi connectivity index (χ3v) is 3.63. The SMILES string of the molecule is CCc1ccc2c(C3CCC(=O)NC3=O)n[nH]c2c1. The van der Waals surface area contributed by atoms with Gasteiger partial charge < -0.3 is 0 Å². The first-order valence-electron chi connectivity index (χ1n) is 6.49. The number of carbonyl (C=O) groups is 2. The van der Waals surface area contributed by atoms with Crippen LogP contribution in [-0.2, 0) is 16.0 Å². The van der Waals surface area contributed by atoms with Crippen LogP contribution >= 0.6 is 0 Å².